The molecular formula is C7H10F3NO6S2. The highest BCUT2D eigenvalue weighted by Gasteiger charge is 2.53. The highest BCUT2D eigenvalue weighted by atomic mass is 32.2. The van der Waals surface area contributed by atoms with Crippen molar-refractivity contribution in [3.8, 4) is 0 Å². The normalized spacial score (nSPS) is 25.1. The van der Waals surface area contributed by atoms with Gasteiger partial charge in [0.15, 0.2) is 9.84 Å². The number of nitrogens with zero attached hydrogens (tertiary/aromatic N) is 1. The van der Waals surface area contributed by atoms with E-state index in [-0.39, 0.29) is 4.31 Å². The molecule has 1 unspecified atom stereocenters. The van der Waals surface area contributed by atoms with Gasteiger partial charge in [-0.3, -0.25) is 4.79 Å². The second kappa shape index (κ2) is 4.90. The van der Waals surface area contributed by atoms with Crippen LogP contribution in [0.25, 0.3) is 0 Å². The van der Waals surface area contributed by atoms with Crippen LogP contribution in [0.2, 0.25) is 0 Å². The minimum absolute atomic E-state index is 0.0951. The maximum atomic E-state index is 12.4. The predicted octanol–water partition coefficient (Wildman–Crippen LogP) is -0.590. The lowest BCUT2D eigenvalue weighted by molar-refractivity contribution is -0.138. The number of sulfone groups is 1. The van der Waals surface area contributed by atoms with Crippen molar-refractivity contribution in [1.29, 1.82) is 0 Å². The van der Waals surface area contributed by atoms with Gasteiger partial charge < -0.3 is 5.11 Å². The van der Waals surface area contributed by atoms with E-state index >= 15 is 0 Å². The number of sulfonamides is 1. The Morgan fingerprint density at radius 1 is 1.37 bits per heavy atom. The molecule has 19 heavy (non-hydrogen) atoms. The van der Waals surface area contributed by atoms with Crippen LogP contribution < -0.4 is 0 Å². The van der Waals surface area contributed by atoms with Crippen LogP contribution in [0.3, 0.4) is 0 Å². The van der Waals surface area contributed by atoms with Gasteiger partial charge in [0.1, 0.15) is 0 Å². The SMILES string of the molecule is O=C(O)CC1CS(=O)(=O)CCN1S(=O)(=O)C(F)(F)F. The van der Waals surface area contributed by atoms with Gasteiger partial charge in [0, 0.05) is 12.6 Å². The van der Waals surface area contributed by atoms with Gasteiger partial charge in [-0.2, -0.15) is 17.5 Å². The van der Waals surface area contributed by atoms with E-state index < -0.39 is 61.9 Å². The van der Waals surface area contributed by atoms with Crippen molar-refractivity contribution in [3.05, 3.63) is 0 Å². The quantitative estimate of drug-likeness (QED) is 0.743. The van der Waals surface area contributed by atoms with Gasteiger partial charge in [0.05, 0.1) is 17.9 Å². The number of alkyl halides is 3. The number of hydrogen-bond acceptors (Lipinski definition) is 5. The van der Waals surface area contributed by atoms with E-state index in [2.05, 4.69) is 0 Å². The Morgan fingerprint density at radius 3 is 2.32 bits per heavy atom. The standard InChI is InChI=1S/C7H10F3NO6S2/c8-7(9,10)19(16,17)11-1-2-18(14,15)4-5(11)3-6(12)13/h5H,1-4H2,(H,12,13). The number of aliphatic carboxylic acids is 1. The fraction of sp³-hybridized carbons (Fsp3) is 0.857. The first kappa shape index (κ1) is 16.2. The number of carboxylic acids is 1. The van der Waals surface area contributed by atoms with E-state index in [1.165, 1.54) is 0 Å². The average Bonchev–Trinajstić information content (AvgIpc) is 2.12. The predicted molar refractivity (Wildman–Crippen MR) is 56.4 cm³/mol. The smallest absolute Gasteiger partial charge is 0.481 e. The lowest BCUT2D eigenvalue weighted by Crippen LogP contribution is -2.55. The zero-order valence-electron chi connectivity index (χ0n) is 9.29. The Bertz CT molecular complexity index is 566. The van der Waals surface area contributed by atoms with Crippen LogP contribution in [0.4, 0.5) is 13.2 Å². The Labute approximate surface area is 107 Å². The molecule has 0 aromatic heterocycles. The van der Waals surface area contributed by atoms with Crippen LogP contribution in [0, 0.1) is 0 Å². The fourth-order valence-corrected chi connectivity index (χ4v) is 4.56. The first-order valence-electron chi connectivity index (χ1n) is 4.87. The number of hydrogen-bond donors (Lipinski definition) is 1. The molecule has 0 radical (unpaired) electrons. The van der Waals surface area contributed by atoms with Crippen LogP contribution in [-0.4, -0.2) is 61.8 Å². The maximum absolute atomic E-state index is 12.4. The molecule has 112 valence electrons. The van der Waals surface area contributed by atoms with E-state index in [0.717, 1.165) is 0 Å². The van der Waals surface area contributed by atoms with E-state index in [1.54, 1.807) is 0 Å². The molecule has 7 nitrogen and oxygen atoms in total. The molecule has 0 saturated carbocycles. The molecule has 1 atom stereocenters. The minimum atomic E-state index is -5.74. The molecule has 1 N–H and O–H groups in total. The molecule has 0 aliphatic carbocycles. The molecule has 1 aliphatic heterocycles. The fourth-order valence-electron chi connectivity index (χ4n) is 1.68. The van der Waals surface area contributed by atoms with E-state index in [1.807, 2.05) is 0 Å². The number of carboxylic acid groups (broad SMARTS) is 1. The van der Waals surface area contributed by atoms with Crippen molar-refractivity contribution >= 4 is 25.8 Å². The first-order valence-corrected chi connectivity index (χ1v) is 8.13. The molecule has 1 heterocycles. The van der Waals surface area contributed by atoms with Gasteiger partial charge in [-0.05, 0) is 0 Å². The van der Waals surface area contributed by atoms with Crippen LogP contribution >= 0.6 is 0 Å². The third-order valence-electron chi connectivity index (χ3n) is 2.49. The summed E-state index contributed by atoms with van der Waals surface area (Å²) in [5.74, 6) is -3.28. The summed E-state index contributed by atoms with van der Waals surface area (Å²) in [5, 5.41) is 8.52. The van der Waals surface area contributed by atoms with Crippen molar-refractivity contribution in [3.63, 3.8) is 0 Å². The third-order valence-corrected chi connectivity index (χ3v) is 5.87. The molecule has 0 bridgehead atoms. The summed E-state index contributed by atoms with van der Waals surface area (Å²) in [6, 6.07) is -1.75. The van der Waals surface area contributed by atoms with Crippen molar-refractivity contribution in [1.82, 2.24) is 4.31 Å². The summed E-state index contributed by atoms with van der Waals surface area (Å²) in [5.41, 5.74) is -5.59. The molecule has 1 fully saturated rings. The van der Waals surface area contributed by atoms with Gasteiger partial charge >= 0.3 is 21.5 Å². The maximum Gasteiger partial charge on any atom is 0.511 e. The van der Waals surface area contributed by atoms with Gasteiger partial charge in [-0.15, -0.1) is 0 Å². The molecule has 0 spiro atoms. The van der Waals surface area contributed by atoms with Crippen molar-refractivity contribution < 1.29 is 39.9 Å². The highest BCUT2D eigenvalue weighted by molar-refractivity contribution is 7.92. The summed E-state index contributed by atoms with van der Waals surface area (Å²) in [7, 11) is -9.49. The van der Waals surface area contributed by atoms with Crippen LogP contribution in [0.5, 0.6) is 0 Å². The van der Waals surface area contributed by atoms with Gasteiger partial charge in [-0.25, -0.2) is 16.8 Å². The van der Waals surface area contributed by atoms with Gasteiger partial charge in [-0.1, -0.05) is 0 Å². The zero-order chi connectivity index (χ0) is 15.1. The Kier molecular flexibility index (Phi) is 4.17. The molecule has 0 aromatic carbocycles. The zero-order valence-corrected chi connectivity index (χ0v) is 10.9. The summed E-state index contributed by atoms with van der Waals surface area (Å²) in [6.45, 7) is -0.901. The van der Waals surface area contributed by atoms with Crippen LogP contribution in [0.1, 0.15) is 6.42 Å². The van der Waals surface area contributed by atoms with E-state index in [9.17, 15) is 34.8 Å². The lowest BCUT2D eigenvalue weighted by Gasteiger charge is -2.33. The van der Waals surface area contributed by atoms with Crippen LogP contribution in [-0.2, 0) is 24.7 Å². The largest absolute Gasteiger partial charge is 0.511 e. The minimum Gasteiger partial charge on any atom is -0.481 e. The molecule has 12 heteroatoms. The number of halogens is 3. The number of rotatable bonds is 3. The molecule has 1 saturated heterocycles. The van der Waals surface area contributed by atoms with E-state index in [4.69, 9.17) is 5.11 Å². The topological polar surface area (TPSA) is 109 Å². The summed E-state index contributed by atoms with van der Waals surface area (Å²) in [6.07, 6.45) is -1.01. The Balaban J connectivity index is 3.15. The van der Waals surface area contributed by atoms with Crippen molar-refractivity contribution in [2.24, 2.45) is 0 Å². The van der Waals surface area contributed by atoms with Gasteiger partial charge in [0.25, 0.3) is 0 Å². The van der Waals surface area contributed by atoms with E-state index in [0.29, 0.717) is 0 Å². The third kappa shape index (κ3) is 3.57. The second-order valence-electron chi connectivity index (χ2n) is 3.93. The molecule has 1 aliphatic rings. The van der Waals surface area contributed by atoms with Crippen molar-refractivity contribution in [2.45, 2.75) is 18.0 Å². The first-order chi connectivity index (χ1) is 8.37. The lowest BCUT2D eigenvalue weighted by atomic mass is 10.2. The second-order valence-corrected chi connectivity index (χ2v) is 8.04. The monoisotopic (exact) mass is 325 g/mol. The molecule has 0 amide bonds. The Hall–Kier alpha value is -0.880. The highest BCUT2D eigenvalue weighted by Crippen LogP contribution is 2.30. The van der Waals surface area contributed by atoms with Crippen molar-refractivity contribution in [2.75, 3.05) is 18.1 Å². The Morgan fingerprint density at radius 2 is 1.89 bits per heavy atom. The number of carbonyl (C=O) groups is 1. The summed E-state index contributed by atoms with van der Waals surface area (Å²) >= 11 is 0. The molecular weight excluding hydrogens is 315 g/mol. The summed E-state index contributed by atoms with van der Waals surface area (Å²) in [4.78, 5) is 10.5. The average molecular weight is 325 g/mol. The summed E-state index contributed by atoms with van der Waals surface area (Å²) < 4.78 is 82.1. The van der Waals surface area contributed by atoms with Gasteiger partial charge in [0.2, 0.25) is 0 Å². The molecule has 0 aromatic rings. The van der Waals surface area contributed by atoms with Crippen LogP contribution in [0.15, 0.2) is 0 Å². The molecule has 1 rings (SSSR count).